The van der Waals surface area contributed by atoms with Gasteiger partial charge in [0.2, 0.25) is 0 Å². The molecule has 4 rings (SSSR count). The predicted molar refractivity (Wildman–Crippen MR) is 129 cm³/mol. The van der Waals surface area contributed by atoms with E-state index in [1.54, 1.807) is 42.5 Å². The zero-order valence-electron chi connectivity index (χ0n) is 19.0. The van der Waals surface area contributed by atoms with Crippen molar-refractivity contribution in [3.05, 3.63) is 89.5 Å². The van der Waals surface area contributed by atoms with Crippen molar-refractivity contribution in [3.63, 3.8) is 0 Å². The summed E-state index contributed by atoms with van der Waals surface area (Å²) < 4.78 is 34.2. The van der Waals surface area contributed by atoms with Gasteiger partial charge in [0.05, 0.1) is 23.2 Å². The summed E-state index contributed by atoms with van der Waals surface area (Å²) in [6, 6.07) is 21.4. The Kier molecular flexibility index (Phi) is 6.42. The van der Waals surface area contributed by atoms with Gasteiger partial charge in [-0.3, -0.25) is 9.10 Å². The fourth-order valence-corrected chi connectivity index (χ4v) is 5.37. The lowest BCUT2D eigenvalue weighted by molar-refractivity contribution is -0.128. The van der Waals surface area contributed by atoms with E-state index < -0.39 is 16.1 Å². The molecule has 1 N–H and O–H groups in total. The normalized spacial score (nSPS) is 16.5. The lowest BCUT2D eigenvalue weighted by atomic mass is 10.0. The summed E-state index contributed by atoms with van der Waals surface area (Å²) in [7, 11) is -3.87. The Morgan fingerprint density at radius 2 is 1.79 bits per heavy atom. The molecule has 172 valence electrons. The number of fused-ring (bicyclic) bond motifs is 1. The Morgan fingerprint density at radius 1 is 1.09 bits per heavy atom. The highest BCUT2D eigenvalue weighted by atomic mass is 32.2. The Balaban J connectivity index is 1.61. The summed E-state index contributed by atoms with van der Waals surface area (Å²) in [6.45, 7) is 5.77. The number of anilines is 1. The van der Waals surface area contributed by atoms with Crippen LogP contribution in [-0.2, 0) is 21.2 Å². The molecular formula is C26H28N2O4S. The van der Waals surface area contributed by atoms with Gasteiger partial charge in [-0.15, -0.1) is 0 Å². The summed E-state index contributed by atoms with van der Waals surface area (Å²) in [6.07, 6.45) is -0.0299. The summed E-state index contributed by atoms with van der Waals surface area (Å²) in [5.41, 5.74) is 3.53. The van der Waals surface area contributed by atoms with Crippen LogP contribution in [0, 0.1) is 6.92 Å². The van der Waals surface area contributed by atoms with Crippen LogP contribution in [0.2, 0.25) is 0 Å². The third-order valence-corrected chi connectivity index (χ3v) is 7.65. The first-order valence-electron chi connectivity index (χ1n) is 11.0. The van der Waals surface area contributed by atoms with Crippen molar-refractivity contribution in [2.75, 3.05) is 10.8 Å². The first kappa shape index (κ1) is 22.9. The highest BCUT2D eigenvalue weighted by Gasteiger charge is 2.38. The Bertz CT molecular complexity index is 1240. The molecule has 0 bridgehead atoms. The van der Waals surface area contributed by atoms with Crippen LogP contribution >= 0.6 is 0 Å². The molecule has 6 nitrogen and oxygen atoms in total. The average molecular weight is 465 g/mol. The smallest absolute Gasteiger partial charge is 0.264 e. The maximum Gasteiger partial charge on any atom is 0.264 e. The van der Waals surface area contributed by atoms with Crippen molar-refractivity contribution in [2.24, 2.45) is 0 Å². The van der Waals surface area contributed by atoms with Crippen LogP contribution < -0.4 is 14.4 Å². The Labute approximate surface area is 195 Å². The van der Waals surface area contributed by atoms with Crippen molar-refractivity contribution in [1.29, 1.82) is 0 Å². The summed E-state index contributed by atoms with van der Waals surface area (Å²) >= 11 is 0. The number of carbonyl (C=O) groups is 1. The van der Waals surface area contributed by atoms with Crippen LogP contribution in [0.25, 0.3) is 0 Å². The fraction of sp³-hybridized carbons (Fsp3) is 0.269. The lowest BCUT2D eigenvalue weighted by Gasteiger charge is -2.35. The Morgan fingerprint density at radius 3 is 2.45 bits per heavy atom. The van der Waals surface area contributed by atoms with E-state index in [2.05, 4.69) is 12.2 Å². The zero-order chi connectivity index (χ0) is 23.6. The van der Waals surface area contributed by atoms with Gasteiger partial charge in [-0.2, -0.15) is 0 Å². The van der Waals surface area contributed by atoms with Crippen LogP contribution in [0.1, 0.15) is 36.6 Å². The number of amides is 1. The van der Waals surface area contributed by atoms with Crippen molar-refractivity contribution < 1.29 is 17.9 Å². The molecule has 0 saturated carbocycles. The molecule has 0 radical (unpaired) electrons. The van der Waals surface area contributed by atoms with E-state index >= 15 is 0 Å². The van der Waals surface area contributed by atoms with Crippen LogP contribution in [-0.4, -0.2) is 27.0 Å². The molecule has 1 amide bonds. The number of nitrogens with zero attached hydrogens (tertiary/aromatic N) is 1. The van der Waals surface area contributed by atoms with Crippen LogP contribution in [0.15, 0.2) is 77.7 Å². The highest BCUT2D eigenvalue weighted by molar-refractivity contribution is 7.92. The second-order valence-electron chi connectivity index (χ2n) is 8.25. The number of hydrogen-bond acceptors (Lipinski definition) is 4. The minimum Gasteiger partial charge on any atom is -0.476 e. The molecule has 7 heteroatoms. The van der Waals surface area contributed by atoms with Crippen LogP contribution in [0.3, 0.4) is 0 Å². The minimum atomic E-state index is -3.87. The number of carbonyl (C=O) groups excluding carboxylic acids is 1. The average Bonchev–Trinajstić information content (AvgIpc) is 2.83. The molecule has 0 aromatic heterocycles. The van der Waals surface area contributed by atoms with Crippen LogP contribution in [0.4, 0.5) is 5.69 Å². The molecule has 0 saturated heterocycles. The first-order chi connectivity index (χ1) is 15.8. The van der Waals surface area contributed by atoms with Gasteiger partial charge in [0.1, 0.15) is 5.75 Å². The zero-order valence-corrected chi connectivity index (χ0v) is 19.8. The van der Waals surface area contributed by atoms with Gasteiger partial charge in [0.15, 0.2) is 6.10 Å². The van der Waals surface area contributed by atoms with Crippen LogP contribution in [0.5, 0.6) is 5.75 Å². The third-order valence-electron chi connectivity index (χ3n) is 5.85. The van der Waals surface area contributed by atoms with Gasteiger partial charge < -0.3 is 10.1 Å². The maximum absolute atomic E-state index is 13.5. The first-order valence-corrected chi connectivity index (χ1v) is 12.5. The van der Waals surface area contributed by atoms with E-state index in [0.717, 1.165) is 17.5 Å². The minimum absolute atomic E-state index is 0.110. The molecule has 2 unspecified atom stereocenters. The number of nitrogens with one attached hydrogen (secondary N) is 1. The predicted octanol–water partition coefficient (Wildman–Crippen LogP) is 4.39. The molecule has 1 aliphatic rings. The van der Waals surface area contributed by atoms with E-state index in [4.69, 9.17) is 4.74 Å². The quantitative estimate of drug-likeness (QED) is 0.587. The van der Waals surface area contributed by atoms with Crippen molar-refractivity contribution in [3.8, 4) is 5.75 Å². The van der Waals surface area contributed by atoms with Gasteiger partial charge in [-0.05, 0) is 61.2 Å². The molecular weight excluding hydrogens is 436 g/mol. The maximum atomic E-state index is 13.5. The van der Waals surface area contributed by atoms with E-state index in [1.807, 2.05) is 44.2 Å². The van der Waals surface area contributed by atoms with Crippen molar-refractivity contribution in [1.82, 2.24) is 5.32 Å². The summed E-state index contributed by atoms with van der Waals surface area (Å²) in [5, 5.41) is 2.97. The van der Waals surface area contributed by atoms with Crippen molar-refractivity contribution in [2.45, 2.75) is 44.2 Å². The van der Waals surface area contributed by atoms with E-state index in [9.17, 15) is 13.2 Å². The van der Waals surface area contributed by atoms with Gasteiger partial charge in [0.25, 0.3) is 15.9 Å². The number of ether oxygens (including phenoxy) is 1. The number of hydrogen-bond donors (Lipinski definition) is 1. The van der Waals surface area contributed by atoms with E-state index in [-0.39, 0.29) is 23.4 Å². The molecule has 33 heavy (non-hydrogen) atoms. The molecule has 0 fully saturated rings. The van der Waals surface area contributed by atoms with Gasteiger partial charge >= 0.3 is 0 Å². The molecule has 0 aliphatic carbocycles. The molecule has 3 aromatic carbocycles. The SMILES string of the molecule is CCc1ccc(C(C)NC(=O)C2CN(S(=O)(=O)c3ccccc3)c3cc(C)ccc3O2)cc1. The van der Waals surface area contributed by atoms with Gasteiger partial charge in [-0.1, -0.05) is 55.5 Å². The Hall–Kier alpha value is -3.32. The lowest BCUT2D eigenvalue weighted by Crippen LogP contribution is -2.51. The fourth-order valence-electron chi connectivity index (χ4n) is 3.88. The van der Waals surface area contributed by atoms with E-state index in [1.165, 1.54) is 9.87 Å². The van der Waals surface area contributed by atoms with Crippen molar-refractivity contribution >= 4 is 21.6 Å². The number of benzene rings is 3. The standard InChI is InChI=1S/C26H28N2O4S/c1-4-20-11-13-21(14-12-20)19(3)27-26(29)25-17-28(23-16-18(2)10-15-24(23)32-25)33(30,31)22-8-6-5-7-9-22/h5-16,19,25H,4,17H2,1-3H3,(H,27,29). The highest BCUT2D eigenvalue weighted by Crippen LogP contribution is 2.37. The molecule has 3 aromatic rings. The molecule has 2 atom stereocenters. The van der Waals surface area contributed by atoms with Gasteiger partial charge in [0, 0.05) is 0 Å². The monoisotopic (exact) mass is 464 g/mol. The van der Waals surface area contributed by atoms with Gasteiger partial charge in [-0.25, -0.2) is 8.42 Å². The second kappa shape index (κ2) is 9.27. The molecule has 0 spiro atoms. The number of rotatable bonds is 6. The second-order valence-corrected chi connectivity index (χ2v) is 10.1. The molecule has 1 aliphatic heterocycles. The summed E-state index contributed by atoms with van der Waals surface area (Å²) in [5.74, 6) is 0.00742. The number of sulfonamides is 1. The number of aryl methyl sites for hydroxylation is 2. The third kappa shape index (κ3) is 4.73. The largest absolute Gasteiger partial charge is 0.476 e. The topological polar surface area (TPSA) is 75.7 Å². The molecule has 1 heterocycles. The van der Waals surface area contributed by atoms with E-state index in [0.29, 0.717) is 11.4 Å². The summed E-state index contributed by atoms with van der Waals surface area (Å²) in [4.78, 5) is 13.3.